The Morgan fingerprint density at radius 2 is 1.78 bits per heavy atom. The average molecular weight is 576 g/mol. The maximum absolute atomic E-state index is 13.7. The van der Waals surface area contributed by atoms with Crippen molar-refractivity contribution in [3.63, 3.8) is 0 Å². The molecule has 0 radical (unpaired) electrons. The number of thioether (sulfide) groups is 1. The van der Waals surface area contributed by atoms with E-state index >= 15 is 0 Å². The van der Waals surface area contributed by atoms with Crippen LogP contribution in [0.5, 0.6) is 11.5 Å². The molecule has 3 aromatic carbocycles. The van der Waals surface area contributed by atoms with Crippen LogP contribution < -0.4 is 10.1 Å². The molecule has 0 bridgehead atoms. The van der Waals surface area contributed by atoms with Crippen LogP contribution in [0.2, 0.25) is 0 Å². The number of ether oxygens (including phenoxy) is 1. The van der Waals surface area contributed by atoms with Gasteiger partial charge in [0.2, 0.25) is 5.91 Å². The van der Waals surface area contributed by atoms with Gasteiger partial charge in [-0.1, -0.05) is 48.5 Å². The summed E-state index contributed by atoms with van der Waals surface area (Å²) < 4.78 is 5.21. The Labute approximate surface area is 243 Å². The molecule has 2 heterocycles. The van der Waals surface area contributed by atoms with Gasteiger partial charge in [-0.2, -0.15) is 0 Å². The van der Waals surface area contributed by atoms with Crippen LogP contribution in [-0.4, -0.2) is 73.8 Å². The maximum atomic E-state index is 13.7. The van der Waals surface area contributed by atoms with E-state index in [9.17, 15) is 24.6 Å². The molecule has 9 nitrogen and oxygen atoms in total. The number of carbonyl (C=O) groups excluding carboxylic acids is 3. The molecule has 0 aliphatic carbocycles. The lowest BCUT2D eigenvalue weighted by molar-refractivity contribution is -0.168. The Morgan fingerprint density at radius 3 is 2.46 bits per heavy atom. The van der Waals surface area contributed by atoms with Crippen molar-refractivity contribution in [2.45, 2.75) is 49.9 Å². The summed E-state index contributed by atoms with van der Waals surface area (Å²) in [6.45, 7) is 3.95. The largest absolute Gasteiger partial charge is 0.508 e. The lowest BCUT2D eigenvalue weighted by Crippen LogP contribution is -2.73. The summed E-state index contributed by atoms with van der Waals surface area (Å²) in [5.41, 5.74) is 2.41. The smallest absolute Gasteiger partial charge is 0.255 e. The molecule has 2 fully saturated rings. The molecule has 3 amide bonds. The van der Waals surface area contributed by atoms with Gasteiger partial charge in [0.1, 0.15) is 22.4 Å². The van der Waals surface area contributed by atoms with Crippen LogP contribution in [-0.2, 0) is 22.6 Å². The van der Waals surface area contributed by atoms with Crippen LogP contribution in [0.1, 0.15) is 34.0 Å². The zero-order valence-corrected chi connectivity index (χ0v) is 23.9. The number of aromatic hydroxyl groups is 1. The number of benzene rings is 3. The van der Waals surface area contributed by atoms with Crippen molar-refractivity contribution in [3.05, 3.63) is 95.1 Å². The quantitative estimate of drug-likeness (QED) is 0.336. The third-order valence-corrected chi connectivity index (χ3v) is 9.37. The van der Waals surface area contributed by atoms with Crippen molar-refractivity contribution in [2.24, 2.45) is 0 Å². The van der Waals surface area contributed by atoms with Gasteiger partial charge < -0.3 is 30.1 Å². The van der Waals surface area contributed by atoms with Crippen LogP contribution in [0.3, 0.4) is 0 Å². The Kier molecular flexibility index (Phi) is 7.97. The molecule has 4 atom stereocenters. The van der Waals surface area contributed by atoms with Crippen LogP contribution in [0.4, 0.5) is 0 Å². The van der Waals surface area contributed by atoms with Crippen LogP contribution in [0, 0.1) is 6.92 Å². The molecule has 5 rings (SSSR count). The zero-order chi connectivity index (χ0) is 29.3. The Morgan fingerprint density at radius 1 is 1.07 bits per heavy atom. The molecule has 10 heteroatoms. The highest BCUT2D eigenvalue weighted by atomic mass is 32.2. The third kappa shape index (κ3) is 5.37. The van der Waals surface area contributed by atoms with E-state index in [0.29, 0.717) is 12.1 Å². The van der Waals surface area contributed by atoms with Gasteiger partial charge in [0, 0.05) is 17.7 Å². The SMILES string of the molecule is COc1ccc(CN2C(=O)[C@H]3N(C(=O)[C@@H](O)[C@H](Cc4ccccc4)NC(=O)c4cccc(O)c4C)CSC32C)cc1. The number of carbonyl (C=O) groups is 3. The number of nitrogens with one attached hydrogen (secondary N) is 1. The first kappa shape index (κ1) is 28.5. The topological polar surface area (TPSA) is 119 Å². The number of phenolic OH excluding ortho intramolecular Hbond substituents is 1. The van der Waals surface area contributed by atoms with E-state index < -0.39 is 34.9 Å². The fraction of sp³-hybridized carbons (Fsp3) is 0.323. The number of aliphatic hydroxyl groups excluding tert-OH is 1. The average Bonchev–Trinajstić information content (AvgIpc) is 3.30. The van der Waals surface area contributed by atoms with Gasteiger partial charge in [0.05, 0.1) is 19.0 Å². The number of rotatable bonds is 9. The second-order valence-electron chi connectivity index (χ2n) is 10.5. The van der Waals surface area contributed by atoms with Crippen LogP contribution >= 0.6 is 11.8 Å². The number of aliphatic hydroxyl groups is 1. The van der Waals surface area contributed by atoms with Gasteiger partial charge in [0.25, 0.3) is 11.8 Å². The fourth-order valence-electron chi connectivity index (χ4n) is 5.44. The van der Waals surface area contributed by atoms with E-state index in [4.69, 9.17) is 4.74 Å². The summed E-state index contributed by atoms with van der Waals surface area (Å²) in [5, 5.41) is 24.2. The summed E-state index contributed by atoms with van der Waals surface area (Å²) in [7, 11) is 1.60. The summed E-state index contributed by atoms with van der Waals surface area (Å²) in [6, 6.07) is 19.7. The van der Waals surface area contributed by atoms with Gasteiger partial charge in [-0.3, -0.25) is 14.4 Å². The number of hydrogen-bond donors (Lipinski definition) is 3. The first-order valence-electron chi connectivity index (χ1n) is 13.3. The predicted molar refractivity (Wildman–Crippen MR) is 155 cm³/mol. The normalized spacial score (nSPS) is 21.1. The summed E-state index contributed by atoms with van der Waals surface area (Å²) >= 11 is 1.48. The molecule has 0 saturated carbocycles. The lowest BCUT2D eigenvalue weighted by atomic mass is 9.92. The van der Waals surface area contributed by atoms with Crippen molar-refractivity contribution in [1.29, 1.82) is 0 Å². The second kappa shape index (κ2) is 11.5. The van der Waals surface area contributed by atoms with Crippen molar-refractivity contribution in [1.82, 2.24) is 15.1 Å². The van der Waals surface area contributed by atoms with Gasteiger partial charge in [0.15, 0.2) is 6.10 Å². The molecule has 214 valence electrons. The molecule has 3 aromatic rings. The number of nitrogens with zero attached hydrogens (tertiary/aromatic N) is 2. The molecule has 0 aromatic heterocycles. The third-order valence-electron chi connectivity index (χ3n) is 7.93. The number of fused-ring (bicyclic) bond motifs is 1. The highest BCUT2D eigenvalue weighted by Crippen LogP contribution is 2.51. The number of likely N-dealkylation sites (tertiary alicyclic amines) is 1. The summed E-state index contributed by atoms with van der Waals surface area (Å²) in [5.74, 6) is -0.378. The first-order chi connectivity index (χ1) is 19.6. The Balaban J connectivity index is 1.33. The van der Waals surface area contributed by atoms with Crippen molar-refractivity contribution >= 4 is 29.5 Å². The van der Waals surface area contributed by atoms with E-state index in [-0.39, 0.29) is 29.5 Å². The number of amides is 3. The number of β-lactam (4-membered cyclic amide) rings is 1. The first-order valence-corrected chi connectivity index (χ1v) is 14.3. The minimum Gasteiger partial charge on any atom is -0.508 e. The monoisotopic (exact) mass is 575 g/mol. The second-order valence-corrected chi connectivity index (χ2v) is 11.8. The van der Waals surface area contributed by atoms with E-state index in [1.54, 1.807) is 31.1 Å². The molecule has 2 saturated heterocycles. The molecule has 2 aliphatic rings. The zero-order valence-electron chi connectivity index (χ0n) is 23.1. The molecule has 0 spiro atoms. The minimum absolute atomic E-state index is 0.0232. The van der Waals surface area contributed by atoms with Crippen LogP contribution in [0.25, 0.3) is 0 Å². The molecular formula is C31H33N3O6S. The molecule has 3 N–H and O–H groups in total. The molecule has 1 unspecified atom stereocenters. The Hall–Kier alpha value is -4.02. The number of phenols is 1. The number of methoxy groups -OCH3 is 1. The maximum Gasteiger partial charge on any atom is 0.255 e. The highest BCUT2D eigenvalue weighted by molar-refractivity contribution is 8.01. The van der Waals surface area contributed by atoms with Gasteiger partial charge >= 0.3 is 0 Å². The summed E-state index contributed by atoms with van der Waals surface area (Å²) in [4.78, 5) is 42.8. The van der Waals surface area contributed by atoms with Crippen molar-refractivity contribution < 1.29 is 29.3 Å². The van der Waals surface area contributed by atoms with E-state index in [0.717, 1.165) is 16.9 Å². The van der Waals surface area contributed by atoms with Gasteiger partial charge in [-0.15, -0.1) is 11.8 Å². The van der Waals surface area contributed by atoms with Gasteiger partial charge in [-0.25, -0.2) is 0 Å². The van der Waals surface area contributed by atoms with E-state index in [2.05, 4.69) is 5.32 Å². The minimum atomic E-state index is -1.59. The summed E-state index contributed by atoms with van der Waals surface area (Å²) in [6.07, 6.45) is -1.40. The van der Waals surface area contributed by atoms with Gasteiger partial charge in [-0.05, 0) is 55.7 Å². The van der Waals surface area contributed by atoms with Crippen molar-refractivity contribution in [2.75, 3.05) is 13.0 Å². The molecular weight excluding hydrogens is 542 g/mol. The highest BCUT2D eigenvalue weighted by Gasteiger charge is 2.65. The molecule has 2 aliphatic heterocycles. The molecule has 41 heavy (non-hydrogen) atoms. The van der Waals surface area contributed by atoms with Crippen molar-refractivity contribution in [3.8, 4) is 11.5 Å². The fourth-order valence-corrected chi connectivity index (χ4v) is 6.81. The number of hydrogen-bond acceptors (Lipinski definition) is 7. The Bertz CT molecular complexity index is 1450. The van der Waals surface area contributed by atoms with E-state index in [1.807, 2.05) is 61.5 Å². The standard InChI is InChI=1S/C31H33N3O6S/c1-19-23(10-7-11-25(19)35)28(37)32-24(16-20-8-5-4-6-9-20)26(36)29(38)33-18-41-31(2)27(33)30(39)34(31)17-21-12-14-22(40-3)15-13-21/h4-15,24,26-27,35-36H,16-18H2,1-3H3,(H,32,37)/t24-,26-,27+,31?/m0/s1. The lowest BCUT2D eigenvalue weighted by Gasteiger charge is -2.52. The van der Waals surface area contributed by atoms with E-state index in [1.165, 1.54) is 22.7 Å². The predicted octanol–water partition coefficient (Wildman–Crippen LogP) is 3.07. The van der Waals surface area contributed by atoms with Crippen LogP contribution in [0.15, 0.2) is 72.8 Å².